The maximum Gasteiger partial charge on any atom is 0.333 e. The minimum atomic E-state index is -0.469. The van der Waals surface area contributed by atoms with Crippen LogP contribution in [0.5, 0.6) is 0 Å². The van der Waals surface area contributed by atoms with Gasteiger partial charge in [0.15, 0.2) is 4.34 Å². The van der Waals surface area contributed by atoms with Crippen molar-refractivity contribution in [1.82, 2.24) is 15.1 Å². The Morgan fingerprint density at radius 2 is 2.32 bits per heavy atom. The predicted octanol–water partition coefficient (Wildman–Crippen LogP) is 3.49. The summed E-state index contributed by atoms with van der Waals surface area (Å²) in [5.74, 6) is 0.279. The lowest BCUT2D eigenvalue weighted by molar-refractivity contribution is -0.134. The van der Waals surface area contributed by atoms with E-state index in [1.165, 1.54) is 60.2 Å². The number of amides is 1. The molecule has 11 heteroatoms. The lowest BCUT2D eigenvalue weighted by Crippen LogP contribution is -2.26. The molecule has 1 fully saturated rings. The first-order chi connectivity index (χ1) is 13.5. The van der Waals surface area contributed by atoms with Gasteiger partial charge >= 0.3 is 5.97 Å². The topological polar surface area (TPSA) is 84.4 Å². The number of carbonyl (C=O) groups is 2. The van der Waals surface area contributed by atoms with Gasteiger partial charge in [-0.25, -0.2) is 9.18 Å². The summed E-state index contributed by atoms with van der Waals surface area (Å²) in [4.78, 5) is 25.0. The van der Waals surface area contributed by atoms with E-state index >= 15 is 0 Å². The number of anilines is 2. The fourth-order valence-corrected chi connectivity index (χ4v) is 5.04. The summed E-state index contributed by atoms with van der Waals surface area (Å²) in [6.45, 7) is 0.523. The van der Waals surface area contributed by atoms with Crippen LogP contribution in [0.4, 0.5) is 15.2 Å². The molecular formula is C17H17FN4O3S3. The average Bonchev–Trinajstić information content (AvgIpc) is 3.26. The van der Waals surface area contributed by atoms with Gasteiger partial charge in [0.1, 0.15) is 5.82 Å². The average molecular weight is 441 g/mol. The number of halogens is 1. The number of ether oxygens (including phenoxy) is 1. The van der Waals surface area contributed by atoms with Crippen LogP contribution in [0.15, 0.2) is 39.7 Å². The lowest BCUT2D eigenvalue weighted by Gasteiger charge is -2.16. The maximum absolute atomic E-state index is 13.2. The third kappa shape index (κ3) is 5.69. The summed E-state index contributed by atoms with van der Waals surface area (Å²) in [6.07, 6.45) is 2.08. The number of hydrogen-bond acceptors (Lipinski definition) is 9. The number of benzene rings is 1. The van der Waals surface area contributed by atoms with Crippen molar-refractivity contribution < 1.29 is 18.7 Å². The standard InChI is InChI=1S/C17H17FN4O3S3/c1-25-15(24)9-14-22(13(23)10-27-14)6-3-7-26-17-21-20-16(28-17)19-12-5-2-4-11(18)8-12/h2,4-5,8-9H,3,6-7,10H2,1H3,(H,19,20)/b14-9+. The molecule has 0 atom stereocenters. The van der Waals surface area contributed by atoms with Crippen molar-refractivity contribution in [1.29, 1.82) is 0 Å². The fourth-order valence-electron chi connectivity index (χ4n) is 2.32. The first-order valence-corrected chi connectivity index (χ1v) is 11.1. The number of esters is 1. The molecule has 0 aliphatic carbocycles. The molecule has 2 aromatic rings. The van der Waals surface area contributed by atoms with Crippen molar-refractivity contribution in [2.24, 2.45) is 0 Å². The first kappa shape index (κ1) is 20.6. The molecule has 2 heterocycles. The van der Waals surface area contributed by atoms with Gasteiger partial charge in [0.05, 0.1) is 24.0 Å². The molecule has 1 saturated heterocycles. The number of hydrogen-bond donors (Lipinski definition) is 1. The Morgan fingerprint density at radius 3 is 3.11 bits per heavy atom. The molecule has 1 N–H and O–H groups in total. The fraction of sp³-hybridized carbons (Fsp3) is 0.294. The highest BCUT2D eigenvalue weighted by Crippen LogP contribution is 2.31. The maximum atomic E-state index is 13.2. The van der Waals surface area contributed by atoms with Crippen LogP contribution >= 0.6 is 34.9 Å². The summed E-state index contributed by atoms with van der Waals surface area (Å²) < 4.78 is 18.6. The number of aromatic nitrogens is 2. The van der Waals surface area contributed by atoms with Crippen molar-refractivity contribution in [3.63, 3.8) is 0 Å². The van der Waals surface area contributed by atoms with Gasteiger partial charge in [-0.3, -0.25) is 4.79 Å². The van der Waals surface area contributed by atoms with Crippen molar-refractivity contribution in [2.45, 2.75) is 10.8 Å². The van der Waals surface area contributed by atoms with E-state index in [0.29, 0.717) is 28.1 Å². The molecule has 1 amide bonds. The van der Waals surface area contributed by atoms with Gasteiger partial charge in [-0.1, -0.05) is 40.9 Å². The van der Waals surface area contributed by atoms with Gasteiger partial charge in [0.2, 0.25) is 11.0 Å². The number of methoxy groups -OCH3 is 1. The highest BCUT2D eigenvalue weighted by molar-refractivity contribution is 8.04. The van der Waals surface area contributed by atoms with Gasteiger partial charge in [-0.2, -0.15) is 0 Å². The predicted molar refractivity (Wildman–Crippen MR) is 109 cm³/mol. The van der Waals surface area contributed by atoms with Gasteiger partial charge < -0.3 is 15.0 Å². The van der Waals surface area contributed by atoms with E-state index in [0.717, 1.165) is 16.5 Å². The lowest BCUT2D eigenvalue weighted by atomic mass is 10.3. The van der Waals surface area contributed by atoms with Crippen LogP contribution < -0.4 is 5.32 Å². The summed E-state index contributed by atoms with van der Waals surface area (Å²) in [7, 11) is 1.31. The Kier molecular flexibility index (Phi) is 7.29. The summed E-state index contributed by atoms with van der Waals surface area (Å²) in [6, 6.07) is 6.14. The molecule has 28 heavy (non-hydrogen) atoms. The van der Waals surface area contributed by atoms with Crippen LogP contribution in [0.3, 0.4) is 0 Å². The van der Waals surface area contributed by atoms with E-state index in [2.05, 4.69) is 20.3 Å². The van der Waals surface area contributed by atoms with E-state index < -0.39 is 5.97 Å². The summed E-state index contributed by atoms with van der Waals surface area (Å²) >= 11 is 4.25. The van der Waals surface area contributed by atoms with Gasteiger partial charge in [0.25, 0.3) is 0 Å². The van der Waals surface area contributed by atoms with Gasteiger partial charge in [-0.15, -0.1) is 10.2 Å². The Morgan fingerprint density at radius 1 is 1.46 bits per heavy atom. The number of rotatable bonds is 8. The highest BCUT2D eigenvalue weighted by atomic mass is 32.2. The second kappa shape index (κ2) is 9.89. The van der Waals surface area contributed by atoms with E-state index in [4.69, 9.17) is 0 Å². The van der Waals surface area contributed by atoms with Crippen LogP contribution in [-0.2, 0) is 14.3 Å². The molecule has 1 aromatic carbocycles. The second-order valence-electron chi connectivity index (χ2n) is 5.55. The molecule has 1 aromatic heterocycles. The smallest absolute Gasteiger partial charge is 0.333 e. The molecule has 1 aliphatic heterocycles. The van der Waals surface area contributed by atoms with E-state index in [1.807, 2.05) is 0 Å². The van der Waals surface area contributed by atoms with Crippen molar-refractivity contribution >= 4 is 57.6 Å². The van der Waals surface area contributed by atoms with Gasteiger partial charge in [-0.05, 0) is 24.6 Å². The monoisotopic (exact) mass is 440 g/mol. The Labute approximate surface area is 173 Å². The largest absolute Gasteiger partial charge is 0.466 e. The van der Waals surface area contributed by atoms with Crippen LogP contribution in [0.2, 0.25) is 0 Å². The normalized spacial score (nSPS) is 15.3. The quantitative estimate of drug-likeness (QED) is 0.289. The van der Waals surface area contributed by atoms with Crippen LogP contribution in [0, 0.1) is 5.82 Å². The Bertz CT molecular complexity index is 890. The van der Waals surface area contributed by atoms with Crippen LogP contribution in [0.1, 0.15) is 6.42 Å². The number of nitrogens with one attached hydrogen (secondary N) is 1. The zero-order valence-electron chi connectivity index (χ0n) is 14.9. The number of nitrogens with zero attached hydrogens (tertiary/aromatic N) is 3. The molecule has 0 saturated carbocycles. The molecule has 0 spiro atoms. The molecule has 1 aliphatic rings. The highest BCUT2D eigenvalue weighted by Gasteiger charge is 2.26. The minimum absolute atomic E-state index is 0.0114. The van der Waals surface area contributed by atoms with Crippen molar-refractivity contribution in [3.05, 3.63) is 41.2 Å². The molecule has 7 nitrogen and oxygen atoms in total. The van der Waals surface area contributed by atoms with Gasteiger partial charge in [0, 0.05) is 18.0 Å². The first-order valence-electron chi connectivity index (χ1n) is 8.27. The third-order valence-corrected chi connectivity index (χ3v) is 6.67. The molecule has 148 valence electrons. The Hall–Kier alpha value is -2.11. The van der Waals surface area contributed by atoms with E-state index in [-0.39, 0.29) is 11.7 Å². The van der Waals surface area contributed by atoms with E-state index in [1.54, 1.807) is 17.0 Å². The van der Waals surface area contributed by atoms with Crippen molar-refractivity contribution in [2.75, 3.05) is 30.5 Å². The zero-order chi connectivity index (χ0) is 19.9. The number of carbonyl (C=O) groups excluding carboxylic acids is 2. The summed E-state index contributed by atoms with van der Waals surface area (Å²) in [5, 5.41) is 12.4. The SMILES string of the molecule is COC(=O)/C=C1/SCC(=O)N1CCCSc1nnc(Nc2cccc(F)c2)s1. The second-order valence-corrected chi connectivity index (χ2v) is 8.87. The minimum Gasteiger partial charge on any atom is -0.466 e. The molecule has 0 bridgehead atoms. The molecule has 0 radical (unpaired) electrons. The Balaban J connectivity index is 1.46. The number of thioether (sulfide) groups is 2. The van der Waals surface area contributed by atoms with Crippen LogP contribution in [0.25, 0.3) is 0 Å². The zero-order valence-corrected chi connectivity index (χ0v) is 17.3. The third-order valence-electron chi connectivity index (χ3n) is 3.59. The molecule has 0 unspecified atom stereocenters. The summed E-state index contributed by atoms with van der Waals surface area (Å²) in [5.41, 5.74) is 0.614. The molecular weight excluding hydrogens is 423 g/mol. The van der Waals surface area contributed by atoms with Crippen molar-refractivity contribution in [3.8, 4) is 0 Å². The van der Waals surface area contributed by atoms with Crippen LogP contribution in [-0.4, -0.2) is 52.1 Å². The van der Waals surface area contributed by atoms with E-state index in [9.17, 15) is 14.0 Å². The molecule has 3 rings (SSSR count).